The molecule has 2 aromatic rings. The summed E-state index contributed by atoms with van der Waals surface area (Å²) in [6.07, 6.45) is 0. The SMILES string of the molecule is Cc1ccc(C)c(OCC(=O)Nc2ccccc2NC(=O)NC(C)C)c1. The average molecular weight is 355 g/mol. The van der Waals surface area contributed by atoms with Crippen LogP contribution < -0.4 is 20.7 Å². The number of amides is 3. The van der Waals surface area contributed by atoms with E-state index >= 15 is 0 Å². The molecule has 0 aliphatic carbocycles. The summed E-state index contributed by atoms with van der Waals surface area (Å²) in [5, 5.41) is 8.24. The van der Waals surface area contributed by atoms with Gasteiger partial charge in [0.2, 0.25) is 0 Å². The van der Waals surface area contributed by atoms with Gasteiger partial charge in [-0.25, -0.2) is 4.79 Å². The highest BCUT2D eigenvalue weighted by atomic mass is 16.5. The maximum atomic E-state index is 12.2. The monoisotopic (exact) mass is 355 g/mol. The number of ether oxygens (including phenoxy) is 1. The molecule has 3 amide bonds. The molecule has 0 fully saturated rings. The molecule has 0 aromatic heterocycles. The average Bonchev–Trinajstić information content (AvgIpc) is 2.56. The molecule has 0 radical (unpaired) electrons. The zero-order chi connectivity index (χ0) is 19.1. The molecule has 3 N–H and O–H groups in total. The highest BCUT2D eigenvalue weighted by Gasteiger charge is 2.11. The van der Waals surface area contributed by atoms with Crippen molar-refractivity contribution in [2.75, 3.05) is 17.2 Å². The van der Waals surface area contributed by atoms with Crippen LogP contribution >= 0.6 is 0 Å². The van der Waals surface area contributed by atoms with Crippen LogP contribution in [-0.2, 0) is 4.79 Å². The minimum atomic E-state index is -0.326. The Morgan fingerprint density at radius 1 is 1.00 bits per heavy atom. The third-order valence-corrected chi connectivity index (χ3v) is 3.57. The number of benzene rings is 2. The van der Waals surface area contributed by atoms with Crippen LogP contribution in [0.2, 0.25) is 0 Å². The second-order valence-corrected chi connectivity index (χ2v) is 6.40. The number of urea groups is 1. The molecular weight excluding hydrogens is 330 g/mol. The number of aryl methyl sites for hydroxylation is 2. The van der Waals surface area contributed by atoms with E-state index in [1.165, 1.54) is 0 Å². The Morgan fingerprint density at radius 2 is 1.65 bits per heavy atom. The standard InChI is InChI=1S/C20H25N3O3/c1-13(2)21-20(25)23-17-8-6-5-7-16(17)22-19(24)12-26-18-11-14(3)9-10-15(18)4/h5-11,13H,12H2,1-4H3,(H,22,24)(H2,21,23,25). The summed E-state index contributed by atoms with van der Waals surface area (Å²) >= 11 is 0. The van der Waals surface area contributed by atoms with Gasteiger partial charge in [0.15, 0.2) is 6.61 Å². The molecule has 26 heavy (non-hydrogen) atoms. The first kappa shape index (κ1) is 19.3. The zero-order valence-electron chi connectivity index (χ0n) is 15.6. The van der Waals surface area contributed by atoms with Crippen molar-refractivity contribution in [2.45, 2.75) is 33.7 Å². The summed E-state index contributed by atoms with van der Waals surface area (Å²) in [5.74, 6) is 0.382. The largest absolute Gasteiger partial charge is 0.483 e. The molecule has 0 heterocycles. The van der Waals surface area contributed by atoms with E-state index < -0.39 is 0 Å². The van der Waals surface area contributed by atoms with Crippen molar-refractivity contribution in [1.82, 2.24) is 5.32 Å². The van der Waals surface area contributed by atoms with Gasteiger partial charge in [0.05, 0.1) is 11.4 Å². The summed E-state index contributed by atoms with van der Waals surface area (Å²) in [7, 11) is 0. The smallest absolute Gasteiger partial charge is 0.319 e. The molecule has 0 spiro atoms. The van der Waals surface area contributed by atoms with E-state index in [9.17, 15) is 9.59 Å². The first-order valence-corrected chi connectivity index (χ1v) is 8.51. The van der Waals surface area contributed by atoms with Gasteiger partial charge in [-0.1, -0.05) is 24.3 Å². The summed E-state index contributed by atoms with van der Waals surface area (Å²) in [5.41, 5.74) is 3.07. The lowest BCUT2D eigenvalue weighted by molar-refractivity contribution is -0.118. The van der Waals surface area contributed by atoms with Gasteiger partial charge in [0.25, 0.3) is 5.91 Å². The van der Waals surface area contributed by atoms with E-state index in [4.69, 9.17) is 4.74 Å². The summed E-state index contributed by atoms with van der Waals surface area (Å²) < 4.78 is 5.61. The van der Waals surface area contributed by atoms with Crippen LogP contribution in [0.15, 0.2) is 42.5 Å². The van der Waals surface area contributed by atoms with Crippen LogP contribution in [0, 0.1) is 13.8 Å². The van der Waals surface area contributed by atoms with Crippen LogP contribution in [0.3, 0.4) is 0 Å². The number of para-hydroxylation sites is 2. The fourth-order valence-corrected chi connectivity index (χ4v) is 2.31. The van der Waals surface area contributed by atoms with Crippen molar-refractivity contribution in [3.05, 3.63) is 53.6 Å². The lowest BCUT2D eigenvalue weighted by atomic mass is 10.1. The van der Waals surface area contributed by atoms with Gasteiger partial charge < -0.3 is 20.7 Å². The van der Waals surface area contributed by atoms with Crippen molar-refractivity contribution >= 4 is 23.3 Å². The number of hydrogen-bond acceptors (Lipinski definition) is 3. The highest BCUT2D eigenvalue weighted by Crippen LogP contribution is 2.22. The molecule has 2 aromatic carbocycles. The van der Waals surface area contributed by atoms with Crippen molar-refractivity contribution in [1.29, 1.82) is 0 Å². The van der Waals surface area contributed by atoms with E-state index in [1.54, 1.807) is 24.3 Å². The lowest BCUT2D eigenvalue weighted by Gasteiger charge is -2.15. The first-order valence-electron chi connectivity index (χ1n) is 8.51. The van der Waals surface area contributed by atoms with Crippen LogP contribution in [0.4, 0.5) is 16.2 Å². The van der Waals surface area contributed by atoms with Crippen molar-refractivity contribution < 1.29 is 14.3 Å². The molecule has 0 saturated heterocycles. The second kappa shape index (κ2) is 8.89. The van der Waals surface area contributed by atoms with E-state index in [0.29, 0.717) is 17.1 Å². The van der Waals surface area contributed by atoms with Crippen molar-refractivity contribution in [3.63, 3.8) is 0 Å². The lowest BCUT2D eigenvalue weighted by Crippen LogP contribution is -2.34. The topological polar surface area (TPSA) is 79.5 Å². The van der Waals surface area contributed by atoms with Gasteiger partial charge >= 0.3 is 6.03 Å². The molecule has 0 saturated carbocycles. The van der Waals surface area contributed by atoms with E-state index in [1.807, 2.05) is 45.9 Å². The van der Waals surface area contributed by atoms with Crippen LogP contribution in [0.1, 0.15) is 25.0 Å². The number of carbonyl (C=O) groups excluding carboxylic acids is 2. The Hall–Kier alpha value is -3.02. The van der Waals surface area contributed by atoms with Gasteiger partial charge in [-0.05, 0) is 57.0 Å². The number of rotatable bonds is 6. The molecule has 2 rings (SSSR count). The fraction of sp³-hybridized carbons (Fsp3) is 0.300. The van der Waals surface area contributed by atoms with E-state index in [0.717, 1.165) is 11.1 Å². The Balaban J connectivity index is 1.98. The van der Waals surface area contributed by atoms with Crippen LogP contribution in [0.25, 0.3) is 0 Å². The molecule has 0 aliphatic heterocycles. The molecule has 6 nitrogen and oxygen atoms in total. The predicted octanol–water partition coefficient (Wildman–Crippen LogP) is 3.85. The van der Waals surface area contributed by atoms with Gasteiger partial charge in [-0.15, -0.1) is 0 Å². The minimum Gasteiger partial charge on any atom is -0.483 e. The fourth-order valence-electron chi connectivity index (χ4n) is 2.31. The Bertz CT molecular complexity index is 788. The van der Waals surface area contributed by atoms with Gasteiger partial charge in [-0.2, -0.15) is 0 Å². The normalized spacial score (nSPS) is 10.3. The maximum absolute atomic E-state index is 12.2. The Morgan fingerprint density at radius 3 is 2.31 bits per heavy atom. The predicted molar refractivity (Wildman–Crippen MR) is 104 cm³/mol. The van der Waals surface area contributed by atoms with Gasteiger partial charge in [-0.3, -0.25) is 4.79 Å². The van der Waals surface area contributed by atoms with E-state index in [2.05, 4.69) is 16.0 Å². The molecule has 6 heteroatoms. The maximum Gasteiger partial charge on any atom is 0.319 e. The molecule has 0 atom stereocenters. The third-order valence-electron chi connectivity index (χ3n) is 3.57. The highest BCUT2D eigenvalue weighted by molar-refractivity contribution is 5.99. The van der Waals surface area contributed by atoms with Gasteiger partial charge in [0.1, 0.15) is 5.75 Å². The van der Waals surface area contributed by atoms with Crippen molar-refractivity contribution in [3.8, 4) is 5.75 Å². The number of carbonyl (C=O) groups is 2. The zero-order valence-corrected chi connectivity index (χ0v) is 15.6. The van der Waals surface area contributed by atoms with E-state index in [-0.39, 0.29) is 24.6 Å². The quantitative estimate of drug-likeness (QED) is 0.736. The van der Waals surface area contributed by atoms with Crippen LogP contribution in [-0.4, -0.2) is 24.6 Å². The molecular formula is C20H25N3O3. The third kappa shape index (κ3) is 5.81. The number of hydrogen-bond donors (Lipinski definition) is 3. The number of nitrogens with one attached hydrogen (secondary N) is 3. The first-order chi connectivity index (χ1) is 12.3. The van der Waals surface area contributed by atoms with Crippen LogP contribution in [0.5, 0.6) is 5.75 Å². The van der Waals surface area contributed by atoms with Gasteiger partial charge in [0, 0.05) is 6.04 Å². The van der Waals surface area contributed by atoms with Crippen molar-refractivity contribution in [2.24, 2.45) is 0 Å². The molecule has 0 bridgehead atoms. The summed E-state index contributed by atoms with van der Waals surface area (Å²) in [4.78, 5) is 24.1. The Labute approximate surface area is 153 Å². The molecule has 0 aliphatic rings. The number of anilines is 2. The second-order valence-electron chi connectivity index (χ2n) is 6.40. The summed E-state index contributed by atoms with van der Waals surface area (Å²) in [6, 6.07) is 12.5. The Kier molecular flexibility index (Phi) is 6.60. The minimum absolute atomic E-state index is 0.0164. The molecule has 138 valence electrons. The summed E-state index contributed by atoms with van der Waals surface area (Å²) in [6.45, 7) is 7.53. The molecule has 0 unspecified atom stereocenters.